The van der Waals surface area contributed by atoms with Crippen LogP contribution in [0.25, 0.3) is 11.3 Å². The Kier molecular flexibility index (Phi) is 5.97. The lowest BCUT2D eigenvalue weighted by atomic mass is 9.96. The van der Waals surface area contributed by atoms with E-state index in [1.165, 1.54) is 24.6 Å². The second-order valence-electron chi connectivity index (χ2n) is 7.89. The zero-order chi connectivity index (χ0) is 21.1. The summed E-state index contributed by atoms with van der Waals surface area (Å²) in [6.07, 6.45) is 7.30. The lowest BCUT2D eigenvalue weighted by molar-refractivity contribution is -0.135. The van der Waals surface area contributed by atoms with Crippen LogP contribution in [-0.2, 0) is 16.1 Å². The molecule has 2 aromatic rings. The monoisotopic (exact) mass is 427 g/mol. The quantitative estimate of drug-likeness (QED) is 0.683. The molecule has 0 saturated carbocycles. The van der Waals surface area contributed by atoms with Crippen LogP contribution in [0.15, 0.2) is 53.3 Å². The first-order chi connectivity index (χ1) is 14.5. The van der Waals surface area contributed by atoms with Crippen molar-refractivity contribution in [1.82, 2.24) is 14.5 Å². The van der Waals surface area contributed by atoms with E-state index in [0.29, 0.717) is 13.1 Å². The molecule has 1 atom stereocenters. The van der Waals surface area contributed by atoms with E-state index in [-0.39, 0.29) is 5.57 Å². The Morgan fingerprint density at radius 3 is 2.40 bits per heavy atom. The van der Waals surface area contributed by atoms with Crippen LogP contribution in [0.3, 0.4) is 0 Å². The first kappa shape index (κ1) is 20.7. The molecule has 158 valence electrons. The van der Waals surface area contributed by atoms with Crippen molar-refractivity contribution in [3.63, 3.8) is 0 Å². The van der Waals surface area contributed by atoms with Crippen molar-refractivity contribution >= 4 is 23.7 Å². The average molecular weight is 428 g/mol. The molecule has 0 radical (unpaired) electrons. The zero-order valence-corrected chi connectivity index (χ0v) is 17.5. The smallest absolute Gasteiger partial charge is 0.333 e. The topological polar surface area (TPSA) is 95.7 Å². The molecule has 1 fully saturated rings. The second kappa shape index (κ2) is 8.65. The Bertz CT molecular complexity index is 939. The van der Waals surface area contributed by atoms with Crippen molar-refractivity contribution in [3.05, 3.63) is 48.2 Å². The van der Waals surface area contributed by atoms with E-state index >= 15 is 0 Å². The maximum Gasteiger partial charge on any atom is 0.333 e. The summed E-state index contributed by atoms with van der Waals surface area (Å²) in [5.74, 6) is -2.42. The summed E-state index contributed by atoms with van der Waals surface area (Å²) < 4.78 is 1.08. The molecule has 0 amide bonds. The van der Waals surface area contributed by atoms with Crippen LogP contribution in [0.2, 0.25) is 0 Å². The van der Waals surface area contributed by atoms with Crippen LogP contribution >= 0.6 is 11.8 Å². The highest BCUT2D eigenvalue weighted by Crippen LogP contribution is 2.47. The number of aromatic nitrogens is 2. The summed E-state index contributed by atoms with van der Waals surface area (Å²) in [5.41, 5.74) is 1.76. The fourth-order valence-corrected chi connectivity index (χ4v) is 5.73. The molecule has 30 heavy (non-hydrogen) atoms. The summed E-state index contributed by atoms with van der Waals surface area (Å²) in [7, 11) is 0. The van der Waals surface area contributed by atoms with Gasteiger partial charge < -0.3 is 19.7 Å². The van der Waals surface area contributed by atoms with E-state index in [1.54, 1.807) is 0 Å². The van der Waals surface area contributed by atoms with Gasteiger partial charge in [0.15, 0.2) is 5.16 Å². The molecular weight excluding hydrogens is 402 g/mol. The Labute approximate surface area is 179 Å². The first-order valence-corrected chi connectivity index (χ1v) is 11.0. The van der Waals surface area contributed by atoms with Crippen molar-refractivity contribution in [2.75, 3.05) is 19.6 Å². The number of thioether (sulfide) groups is 1. The molecule has 7 nitrogen and oxygen atoms in total. The number of fused-ring (bicyclic) bond motifs is 1. The van der Waals surface area contributed by atoms with Crippen molar-refractivity contribution in [3.8, 4) is 11.3 Å². The van der Waals surface area contributed by atoms with Gasteiger partial charge in [0, 0.05) is 30.9 Å². The molecule has 0 aliphatic carbocycles. The average Bonchev–Trinajstić information content (AvgIpc) is 3.13. The summed E-state index contributed by atoms with van der Waals surface area (Å²) >= 11 is 1.38. The number of likely N-dealkylation sites (tertiary alicyclic amines) is 1. The molecule has 3 heterocycles. The van der Waals surface area contributed by atoms with E-state index < -0.39 is 16.7 Å². The van der Waals surface area contributed by atoms with Gasteiger partial charge in [0.05, 0.1) is 16.0 Å². The Balaban J connectivity index is 1.68. The maximum absolute atomic E-state index is 12.1. The fourth-order valence-electron chi connectivity index (χ4n) is 4.30. The van der Waals surface area contributed by atoms with Crippen LogP contribution < -0.4 is 0 Å². The van der Waals surface area contributed by atoms with Gasteiger partial charge in [-0.25, -0.2) is 14.6 Å². The molecule has 2 aliphatic heterocycles. The van der Waals surface area contributed by atoms with E-state index in [1.807, 2.05) is 41.1 Å². The van der Waals surface area contributed by atoms with Gasteiger partial charge in [-0.05, 0) is 25.9 Å². The third kappa shape index (κ3) is 4.29. The van der Waals surface area contributed by atoms with Crippen LogP contribution in [-0.4, -0.2) is 61.0 Å². The Morgan fingerprint density at radius 1 is 1.10 bits per heavy atom. The lowest BCUT2D eigenvalue weighted by Gasteiger charge is -2.34. The minimum absolute atomic E-state index is 0.0731. The molecule has 1 unspecified atom stereocenters. The summed E-state index contributed by atoms with van der Waals surface area (Å²) in [6.45, 7) is 2.68. The first-order valence-electron chi connectivity index (χ1n) is 10.2. The van der Waals surface area contributed by atoms with Crippen LogP contribution in [0.1, 0.15) is 25.7 Å². The minimum Gasteiger partial charge on any atom is -0.478 e. The van der Waals surface area contributed by atoms with Gasteiger partial charge >= 0.3 is 11.9 Å². The normalized spacial score (nSPS) is 22.5. The van der Waals surface area contributed by atoms with Gasteiger partial charge in [-0.1, -0.05) is 54.9 Å². The molecule has 1 aromatic carbocycles. The van der Waals surface area contributed by atoms with Crippen molar-refractivity contribution in [2.24, 2.45) is 0 Å². The third-order valence-electron chi connectivity index (χ3n) is 5.69. The van der Waals surface area contributed by atoms with E-state index in [9.17, 15) is 19.8 Å². The number of carbonyl (C=O) groups is 2. The number of carboxylic acid groups (broad SMARTS) is 2. The number of hydrogen-bond donors (Lipinski definition) is 2. The third-order valence-corrected chi connectivity index (χ3v) is 7.07. The fraction of sp³-hybridized carbons (Fsp3) is 0.409. The lowest BCUT2D eigenvalue weighted by Crippen LogP contribution is -2.45. The van der Waals surface area contributed by atoms with Gasteiger partial charge in [0.25, 0.3) is 0 Å². The highest BCUT2D eigenvalue weighted by atomic mass is 32.2. The minimum atomic E-state index is -1.24. The van der Waals surface area contributed by atoms with Crippen molar-refractivity contribution < 1.29 is 19.8 Å². The number of aliphatic carboxylic acids is 2. The van der Waals surface area contributed by atoms with E-state index in [2.05, 4.69) is 4.90 Å². The van der Waals surface area contributed by atoms with Crippen molar-refractivity contribution in [2.45, 2.75) is 42.1 Å². The van der Waals surface area contributed by atoms with Crippen LogP contribution in [0.5, 0.6) is 0 Å². The largest absolute Gasteiger partial charge is 0.478 e. The molecule has 4 rings (SSSR count). The number of benzene rings is 1. The molecule has 2 aliphatic rings. The van der Waals surface area contributed by atoms with Gasteiger partial charge in [-0.2, -0.15) is 0 Å². The van der Waals surface area contributed by atoms with Crippen LogP contribution in [0.4, 0.5) is 0 Å². The Hall–Kier alpha value is -2.58. The number of imidazole rings is 1. The van der Waals surface area contributed by atoms with Crippen molar-refractivity contribution in [1.29, 1.82) is 0 Å². The number of carboxylic acids is 2. The van der Waals surface area contributed by atoms with Gasteiger partial charge in [-0.15, -0.1) is 0 Å². The standard InChI is InChI=1S/C22H25N3O4S/c26-19(27)12-17(20(28)29)22(14-24-10-6-1-2-7-11-24)15-25-13-18(23-21(25)30-22)16-8-4-3-5-9-16/h3-5,8-9,12-13H,1-2,6-7,10-11,14-15H2,(H,26,27)(H,28,29). The molecule has 8 heteroatoms. The van der Waals surface area contributed by atoms with Crippen LogP contribution in [0, 0.1) is 0 Å². The molecular formula is C22H25N3O4S. The zero-order valence-electron chi connectivity index (χ0n) is 16.7. The maximum atomic E-state index is 12.1. The summed E-state index contributed by atoms with van der Waals surface area (Å²) in [5, 5.41) is 19.9. The van der Waals surface area contributed by atoms with E-state index in [4.69, 9.17) is 4.98 Å². The number of rotatable bonds is 6. The van der Waals surface area contributed by atoms with E-state index in [0.717, 1.165) is 48.4 Å². The molecule has 1 saturated heterocycles. The molecule has 0 bridgehead atoms. The molecule has 2 N–H and O–H groups in total. The molecule has 0 spiro atoms. The predicted molar refractivity (Wildman–Crippen MR) is 115 cm³/mol. The summed E-state index contributed by atoms with van der Waals surface area (Å²) in [6, 6.07) is 9.83. The van der Waals surface area contributed by atoms with Gasteiger partial charge in [-0.3, -0.25) is 0 Å². The highest BCUT2D eigenvalue weighted by molar-refractivity contribution is 8.01. The SMILES string of the molecule is O=C(O)C=C(C(=O)O)C1(CN2CCCCCC2)Cn2cc(-c3ccccc3)nc2S1. The highest BCUT2D eigenvalue weighted by Gasteiger charge is 2.47. The second-order valence-corrected chi connectivity index (χ2v) is 9.24. The molecule has 1 aromatic heterocycles. The predicted octanol–water partition coefficient (Wildman–Crippen LogP) is 3.37. The van der Waals surface area contributed by atoms with Gasteiger partial charge in [0.2, 0.25) is 0 Å². The van der Waals surface area contributed by atoms with Gasteiger partial charge in [0.1, 0.15) is 0 Å². The Morgan fingerprint density at radius 2 is 1.80 bits per heavy atom. The number of nitrogens with zero attached hydrogens (tertiary/aromatic N) is 3. The summed E-state index contributed by atoms with van der Waals surface area (Å²) in [4.78, 5) is 30.5. The number of hydrogen-bond acceptors (Lipinski definition) is 5.